The second-order valence-electron chi connectivity index (χ2n) is 6.28. The molecule has 0 atom stereocenters. The molecule has 2 heterocycles. The van der Waals surface area contributed by atoms with Crippen LogP contribution >= 0.6 is 27.7 Å². The zero-order valence-electron chi connectivity index (χ0n) is 15.0. The van der Waals surface area contributed by atoms with Crippen molar-refractivity contribution < 1.29 is 12.8 Å². The third-order valence-corrected chi connectivity index (χ3v) is 7.40. The maximum Gasteiger partial charge on any atom is 0.191 e. The quantitative estimate of drug-likeness (QED) is 0.455. The Morgan fingerprint density at radius 2 is 1.93 bits per heavy atom. The van der Waals surface area contributed by atoms with E-state index >= 15 is 0 Å². The monoisotopic (exact) mass is 469 g/mol. The fourth-order valence-corrected chi connectivity index (χ4v) is 5.40. The first-order valence-corrected chi connectivity index (χ1v) is 11.9. The highest BCUT2D eigenvalue weighted by Crippen LogP contribution is 2.24. The molecule has 9 heteroatoms. The Bertz CT molecular complexity index is 982. The molecule has 0 saturated carbocycles. The van der Waals surface area contributed by atoms with E-state index in [1.54, 1.807) is 30.5 Å². The normalized spacial score (nSPS) is 12.0. The summed E-state index contributed by atoms with van der Waals surface area (Å²) in [6, 6.07) is 10.4. The van der Waals surface area contributed by atoms with Crippen molar-refractivity contribution in [3.05, 3.63) is 58.7 Å². The van der Waals surface area contributed by atoms with E-state index in [-0.39, 0.29) is 11.7 Å². The van der Waals surface area contributed by atoms with Crippen molar-refractivity contribution in [3.8, 4) is 0 Å². The van der Waals surface area contributed by atoms with Crippen LogP contribution in [0.2, 0.25) is 0 Å². The molecular formula is C18H20BrN3O3S2. The molecule has 0 radical (unpaired) electrons. The van der Waals surface area contributed by atoms with Gasteiger partial charge in [-0.3, -0.25) is 4.57 Å². The van der Waals surface area contributed by atoms with Crippen LogP contribution in [-0.4, -0.2) is 34.7 Å². The molecule has 0 bridgehead atoms. The summed E-state index contributed by atoms with van der Waals surface area (Å²) in [6.07, 6.45) is 1.63. The van der Waals surface area contributed by atoms with Crippen LogP contribution < -0.4 is 0 Å². The molecule has 3 rings (SSSR count). The van der Waals surface area contributed by atoms with Gasteiger partial charge in [0.25, 0.3) is 0 Å². The average molecular weight is 470 g/mol. The summed E-state index contributed by atoms with van der Waals surface area (Å²) < 4.78 is 33.3. The van der Waals surface area contributed by atoms with Crippen LogP contribution in [0.4, 0.5) is 0 Å². The van der Waals surface area contributed by atoms with E-state index in [1.807, 2.05) is 16.7 Å². The largest absolute Gasteiger partial charge is 0.467 e. The SMILES string of the molecule is CC(C)c1nnc(SCCS(=O)(=O)c2ccc(Br)cc2)n1Cc1ccco1. The summed E-state index contributed by atoms with van der Waals surface area (Å²) >= 11 is 4.71. The van der Waals surface area contributed by atoms with Gasteiger partial charge in [-0.2, -0.15) is 0 Å². The molecule has 27 heavy (non-hydrogen) atoms. The van der Waals surface area contributed by atoms with Gasteiger partial charge in [0.1, 0.15) is 11.6 Å². The summed E-state index contributed by atoms with van der Waals surface area (Å²) in [5, 5.41) is 9.23. The van der Waals surface area contributed by atoms with Gasteiger partial charge >= 0.3 is 0 Å². The van der Waals surface area contributed by atoms with Crippen LogP contribution in [0.25, 0.3) is 0 Å². The number of furan rings is 1. The van der Waals surface area contributed by atoms with Crippen molar-refractivity contribution in [3.63, 3.8) is 0 Å². The Hall–Kier alpha value is -1.58. The van der Waals surface area contributed by atoms with E-state index in [2.05, 4.69) is 40.0 Å². The number of halogens is 1. The predicted molar refractivity (Wildman–Crippen MR) is 109 cm³/mol. The van der Waals surface area contributed by atoms with Crippen LogP contribution in [0, 0.1) is 0 Å². The van der Waals surface area contributed by atoms with Gasteiger partial charge in [-0.25, -0.2) is 8.42 Å². The van der Waals surface area contributed by atoms with Crippen LogP contribution in [0.3, 0.4) is 0 Å². The Balaban J connectivity index is 1.71. The third-order valence-electron chi connectivity index (χ3n) is 3.91. The molecule has 2 aromatic heterocycles. The van der Waals surface area contributed by atoms with Crippen molar-refractivity contribution in [1.29, 1.82) is 0 Å². The molecule has 6 nitrogen and oxygen atoms in total. The number of sulfone groups is 1. The number of nitrogens with zero attached hydrogens (tertiary/aromatic N) is 3. The number of benzene rings is 1. The second kappa shape index (κ2) is 8.62. The molecule has 0 aliphatic heterocycles. The zero-order chi connectivity index (χ0) is 19.4. The number of rotatable bonds is 8. The summed E-state index contributed by atoms with van der Waals surface area (Å²) in [7, 11) is -3.34. The summed E-state index contributed by atoms with van der Waals surface area (Å²) in [5.41, 5.74) is 0. The Labute approximate surface area is 171 Å². The van der Waals surface area contributed by atoms with Gasteiger partial charge in [0.05, 0.1) is 23.5 Å². The van der Waals surface area contributed by atoms with E-state index in [1.165, 1.54) is 11.8 Å². The molecule has 0 N–H and O–H groups in total. The molecule has 0 amide bonds. The molecule has 3 aromatic rings. The lowest BCUT2D eigenvalue weighted by atomic mass is 10.2. The Morgan fingerprint density at radius 1 is 1.19 bits per heavy atom. The standard InChI is InChI=1S/C18H20BrN3O3S2/c1-13(2)17-20-21-18(22(17)12-15-4-3-9-25-15)26-10-11-27(23,24)16-7-5-14(19)6-8-16/h3-9,13H,10-12H2,1-2H3. The minimum Gasteiger partial charge on any atom is -0.467 e. The minimum atomic E-state index is -3.34. The minimum absolute atomic E-state index is 0.0317. The molecule has 0 saturated heterocycles. The van der Waals surface area contributed by atoms with Crippen LogP contribution in [0.5, 0.6) is 0 Å². The highest BCUT2D eigenvalue weighted by atomic mass is 79.9. The van der Waals surface area contributed by atoms with Gasteiger partial charge < -0.3 is 4.42 Å². The number of hydrogen-bond acceptors (Lipinski definition) is 6. The van der Waals surface area contributed by atoms with E-state index in [0.29, 0.717) is 22.3 Å². The van der Waals surface area contributed by atoms with Gasteiger partial charge in [-0.05, 0) is 36.4 Å². The number of hydrogen-bond donors (Lipinski definition) is 0. The van der Waals surface area contributed by atoms with Gasteiger partial charge in [0.2, 0.25) is 0 Å². The van der Waals surface area contributed by atoms with Crippen molar-refractivity contribution >= 4 is 37.5 Å². The highest BCUT2D eigenvalue weighted by Gasteiger charge is 2.19. The smallest absolute Gasteiger partial charge is 0.191 e. The van der Waals surface area contributed by atoms with Gasteiger partial charge in [-0.1, -0.05) is 41.5 Å². The fourth-order valence-electron chi connectivity index (χ4n) is 2.54. The van der Waals surface area contributed by atoms with Crippen LogP contribution in [0.1, 0.15) is 31.4 Å². The molecule has 0 fully saturated rings. The predicted octanol–water partition coefficient (Wildman–Crippen LogP) is 4.37. The highest BCUT2D eigenvalue weighted by molar-refractivity contribution is 9.10. The summed E-state index contributed by atoms with van der Waals surface area (Å²) in [5.74, 6) is 2.29. The van der Waals surface area contributed by atoms with Gasteiger partial charge in [-0.15, -0.1) is 10.2 Å². The number of thioether (sulfide) groups is 1. The van der Waals surface area contributed by atoms with E-state index in [0.717, 1.165) is 16.1 Å². The molecule has 0 spiro atoms. The molecule has 0 aliphatic rings. The molecule has 0 unspecified atom stereocenters. The first-order valence-electron chi connectivity index (χ1n) is 8.43. The second-order valence-corrected chi connectivity index (χ2v) is 10.4. The van der Waals surface area contributed by atoms with E-state index < -0.39 is 9.84 Å². The van der Waals surface area contributed by atoms with E-state index in [4.69, 9.17) is 4.42 Å². The van der Waals surface area contributed by atoms with Crippen molar-refractivity contribution in [2.75, 3.05) is 11.5 Å². The van der Waals surface area contributed by atoms with Crippen LogP contribution in [-0.2, 0) is 16.4 Å². The molecule has 144 valence electrons. The number of aromatic nitrogens is 3. The topological polar surface area (TPSA) is 78.0 Å². The molecule has 0 aliphatic carbocycles. The maximum atomic E-state index is 12.5. The fraction of sp³-hybridized carbons (Fsp3) is 0.333. The lowest BCUT2D eigenvalue weighted by Crippen LogP contribution is -2.11. The first kappa shape index (κ1) is 20.2. The average Bonchev–Trinajstić information content (AvgIpc) is 3.26. The van der Waals surface area contributed by atoms with Crippen molar-refractivity contribution in [2.24, 2.45) is 0 Å². The zero-order valence-corrected chi connectivity index (χ0v) is 18.2. The Kier molecular flexibility index (Phi) is 6.44. The van der Waals surface area contributed by atoms with E-state index in [9.17, 15) is 8.42 Å². The summed E-state index contributed by atoms with van der Waals surface area (Å²) in [6.45, 7) is 4.62. The Morgan fingerprint density at radius 3 is 2.56 bits per heavy atom. The van der Waals surface area contributed by atoms with Crippen molar-refractivity contribution in [1.82, 2.24) is 14.8 Å². The van der Waals surface area contributed by atoms with Crippen LogP contribution in [0.15, 0.2) is 61.6 Å². The van der Waals surface area contributed by atoms with Gasteiger partial charge in [0, 0.05) is 16.1 Å². The first-order chi connectivity index (χ1) is 12.9. The third kappa shape index (κ3) is 5.03. The maximum absolute atomic E-state index is 12.5. The molecular weight excluding hydrogens is 450 g/mol. The lowest BCUT2D eigenvalue weighted by molar-refractivity contribution is 0.475. The van der Waals surface area contributed by atoms with Crippen molar-refractivity contribution in [2.45, 2.75) is 36.4 Å². The molecule has 1 aromatic carbocycles. The van der Waals surface area contributed by atoms with Gasteiger partial charge in [0.15, 0.2) is 15.0 Å². The summed E-state index contributed by atoms with van der Waals surface area (Å²) in [4.78, 5) is 0.325. The lowest BCUT2D eigenvalue weighted by Gasteiger charge is -2.10.